The molecule has 3 aromatic rings. The SMILES string of the molecule is CC(=O)Nc1ccc(NC(=O)N(C)C(c2ccncc2)c2ccc(Cl)cc2)cc1. The fourth-order valence-corrected chi connectivity index (χ4v) is 3.13. The van der Waals surface area contributed by atoms with Crippen LogP contribution in [0.4, 0.5) is 16.2 Å². The minimum Gasteiger partial charge on any atom is -0.326 e. The molecule has 3 amide bonds. The van der Waals surface area contributed by atoms with Gasteiger partial charge in [-0.15, -0.1) is 0 Å². The molecule has 1 atom stereocenters. The van der Waals surface area contributed by atoms with Crippen molar-refractivity contribution >= 4 is 34.9 Å². The number of nitrogens with zero attached hydrogens (tertiary/aromatic N) is 2. The predicted octanol–water partition coefficient (Wildman–Crippen LogP) is 4.95. The van der Waals surface area contributed by atoms with Crippen LogP contribution in [0.5, 0.6) is 0 Å². The first-order valence-electron chi connectivity index (χ1n) is 9.01. The lowest BCUT2D eigenvalue weighted by atomic mass is 9.98. The van der Waals surface area contributed by atoms with E-state index in [0.717, 1.165) is 11.1 Å². The van der Waals surface area contributed by atoms with E-state index in [0.29, 0.717) is 16.4 Å². The van der Waals surface area contributed by atoms with E-state index < -0.39 is 0 Å². The first-order chi connectivity index (χ1) is 13.9. The summed E-state index contributed by atoms with van der Waals surface area (Å²) in [7, 11) is 1.74. The number of amides is 3. The Morgan fingerprint density at radius 2 is 1.38 bits per heavy atom. The number of nitrogens with one attached hydrogen (secondary N) is 2. The molecule has 0 saturated heterocycles. The third-order valence-electron chi connectivity index (χ3n) is 4.37. The first kappa shape index (κ1) is 20.4. The first-order valence-corrected chi connectivity index (χ1v) is 9.38. The Bertz CT molecular complexity index is 976. The van der Waals surface area contributed by atoms with Crippen molar-refractivity contribution in [3.05, 3.63) is 89.2 Å². The third-order valence-corrected chi connectivity index (χ3v) is 4.62. The average molecular weight is 409 g/mol. The van der Waals surface area contributed by atoms with E-state index in [2.05, 4.69) is 15.6 Å². The van der Waals surface area contributed by atoms with Gasteiger partial charge < -0.3 is 15.5 Å². The number of anilines is 2. The molecule has 0 aliphatic rings. The van der Waals surface area contributed by atoms with Crippen molar-refractivity contribution < 1.29 is 9.59 Å². The van der Waals surface area contributed by atoms with Gasteiger partial charge in [0, 0.05) is 42.8 Å². The third kappa shape index (κ3) is 5.33. The second-order valence-electron chi connectivity index (χ2n) is 6.53. The molecule has 0 saturated carbocycles. The Hall–Kier alpha value is -3.38. The van der Waals surface area contributed by atoms with Gasteiger partial charge in [-0.05, 0) is 59.7 Å². The molecule has 1 unspecified atom stereocenters. The number of carbonyl (C=O) groups is 2. The number of halogens is 1. The van der Waals surface area contributed by atoms with Crippen molar-refractivity contribution in [3.8, 4) is 0 Å². The van der Waals surface area contributed by atoms with Crippen molar-refractivity contribution in [3.63, 3.8) is 0 Å². The highest BCUT2D eigenvalue weighted by Crippen LogP contribution is 2.29. The molecule has 7 heteroatoms. The van der Waals surface area contributed by atoms with Gasteiger partial charge in [-0.2, -0.15) is 0 Å². The maximum Gasteiger partial charge on any atom is 0.322 e. The largest absolute Gasteiger partial charge is 0.326 e. The smallest absolute Gasteiger partial charge is 0.322 e. The lowest BCUT2D eigenvalue weighted by Gasteiger charge is -2.29. The van der Waals surface area contributed by atoms with Gasteiger partial charge in [0.15, 0.2) is 0 Å². The number of benzene rings is 2. The zero-order chi connectivity index (χ0) is 20.8. The second kappa shape index (κ2) is 9.21. The van der Waals surface area contributed by atoms with Crippen LogP contribution in [-0.4, -0.2) is 28.9 Å². The topological polar surface area (TPSA) is 74.3 Å². The van der Waals surface area contributed by atoms with Gasteiger partial charge in [0.1, 0.15) is 0 Å². The second-order valence-corrected chi connectivity index (χ2v) is 6.97. The van der Waals surface area contributed by atoms with Crippen LogP contribution in [0, 0.1) is 0 Å². The summed E-state index contributed by atoms with van der Waals surface area (Å²) in [5.41, 5.74) is 3.15. The molecule has 0 fully saturated rings. The molecule has 0 aliphatic heterocycles. The van der Waals surface area contributed by atoms with E-state index in [1.807, 2.05) is 24.3 Å². The summed E-state index contributed by atoms with van der Waals surface area (Å²) in [6.45, 7) is 1.45. The number of urea groups is 1. The monoisotopic (exact) mass is 408 g/mol. The predicted molar refractivity (Wildman–Crippen MR) is 115 cm³/mol. The minimum atomic E-state index is -0.311. The summed E-state index contributed by atoms with van der Waals surface area (Å²) < 4.78 is 0. The summed E-state index contributed by atoms with van der Waals surface area (Å²) in [6.07, 6.45) is 3.40. The maximum atomic E-state index is 12.9. The Balaban J connectivity index is 1.81. The molecule has 0 radical (unpaired) electrons. The highest BCUT2D eigenvalue weighted by atomic mass is 35.5. The number of hydrogen-bond donors (Lipinski definition) is 2. The van der Waals surface area contributed by atoms with E-state index >= 15 is 0 Å². The average Bonchev–Trinajstić information content (AvgIpc) is 2.71. The van der Waals surface area contributed by atoms with Gasteiger partial charge in [0.25, 0.3) is 0 Å². The number of aromatic nitrogens is 1. The zero-order valence-electron chi connectivity index (χ0n) is 16.1. The van der Waals surface area contributed by atoms with Crippen LogP contribution in [0.1, 0.15) is 24.1 Å². The van der Waals surface area contributed by atoms with Crippen molar-refractivity contribution in [2.24, 2.45) is 0 Å². The molecule has 148 valence electrons. The number of carbonyl (C=O) groups excluding carboxylic acids is 2. The molecule has 29 heavy (non-hydrogen) atoms. The van der Waals surface area contributed by atoms with Gasteiger partial charge in [0.2, 0.25) is 5.91 Å². The van der Waals surface area contributed by atoms with Crippen molar-refractivity contribution in [1.29, 1.82) is 0 Å². The Kier molecular flexibility index (Phi) is 6.46. The van der Waals surface area contributed by atoms with Crippen LogP contribution in [-0.2, 0) is 4.79 Å². The summed E-state index contributed by atoms with van der Waals surface area (Å²) >= 11 is 6.03. The Morgan fingerprint density at radius 3 is 1.93 bits per heavy atom. The van der Waals surface area contributed by atoms with Crippen LogP contribution in [0.2, 0.25) is 5.02 Å². The standard InChI is InChI=1S/C22H21ClN4O2/c1-15(28)25-19-7-9-20(10-8-19)26-22(29)27(2)21(17-11-13-24-14-12-17)16-3-5-18(23)6-4-16/h3-14,21H,1-2H3,(H,25,28)(H,26,29). The normalized spacial score (nSPS) is 11.4. The molecule has 0 aliphatic carbocycles. The van der Waals surface area contributed by atoms with Crippen LogP contribution in [0.15, 0.2) is 73.1 Å². The van der Waals surface area contributed by atoms with E-state index in [1.165, 1.54) is 6.92 Å². The maximum absolute atomic E-state index is 12.9. The summed E-state index contributed by atoms with van der Waals surface area (Å²) in [6, 6.07) is 17.5. The van der Waals surface area contributed by atoms with E-state index in [4.69, 9.17) is 11.6 Å². The van der Waals surface area contributed by atoms with Crippen molar-refractivity contribution in [1.82, 2.24) is 9.88 Å². The lowest BCUT2D eigenvalue weighted by molar-refractivity contribution is -0.114. The van der Waals surface area contributed by atoms with Gasteiger partial charge >= 0.3 is 6.03 Å². The van der Waals surface area contributed by atoms with Gasteiger partial charge in [-0.1, -0.05) is 23.7 Å². The Morgan fingerprint density at radius 1 is 0.862 bits per heavy atom. The lowest BCUT2D eigenvalue weighted by Crippen LogP contribution is -2.35. The molecule has 1 heterocycles. The zero-order valence-corrected chi connectivity index (χ0v) is 16.9. The Labute approximate surface area is 174 Å². The van der Waals surface area contributed by atoms with Crippen LogP contribution in [0.25, 0.3) is 0 Å². The molecule has 3 rings (SSSR count). The fourth-order valence-electron chi connectivity index (χ4n) is 3.00. The number of hydrogen-bond acceptors (Lipinski definition) is 3. The molecule has 2 aromatic carbocycles. The van der Waals surface area contributed by atoms with Gasteiger partial charge in [0.05, 0.1) is 6.04 Å². The highest BCUT2D eigenvalue weighted by Gasteiger charge is 2.23. The summed E-state index contributed by atoms with van der Waals surface area (Å²) in [5.74, 6) is -0.148. The molecular formula is C22H21ClN4O2. The molecule has 1 aromatic heterocycles. The van der Waals surface area contributed by atoms with Crippen LogP contribution < -0.4 is 10.6 Å². The molecular weight excluding hydrogens is 388 g/mol. The van der Waals surface area contributed by atoms with Gasteiger partial charge in [-0.3, -0.25) is 9.78 Å². The number of pyridine rings is 1. The van der Waals surface area contributed by atoms with Crippen LogP contribution in [0.3, 0.4) is 0 Å². The fraction of sp³-hybridized carbons (Fsp3) is 0.136. The van der Waals surface area contributed by atoms with E-state index in [1.54, 1.807) is 60.7 Å². The highest BCUT2D eigenvalue weighted by molar-refractivity contribution is 6.30. The molecule has 0 bridgehead atoms. The van der Waals surface area contributed by atoms with Crippen LogP contribution >= 0.6 is 11.6 Å². The van der Waals surface area contributed by atoms with Crippen molar-refractivity contribution in [2.45, 2.75) is 13.0 Å². The quantitative estimate of drug-likeness (QED) is 0.627. The summed E-state index contributed by atoms with van der Waals surface area (Å²) in [4.78, 5) is 29.8. The van der Waals surface area contributed by atoms with E-state index in [9.17, 15) is 9.59 Å². The number of rotatable bonds is 5. The van der Waals surface area contributed by atoms with E-state index in [-0.39, 0.29) is 18.0 Å². The summed E-state index contributed by atoms with van der Waals surface area (Å²) in [5, 5.41) is 6.21. The molecule has 0 spiro atoms. The van der Waals surface area contributed by atoms with Gasteiger partial charge in [-0.25, -0.2) is 4.79 Å². The molecule has 2 N–H and O–H groups in total. The molecule has 6 nitrogen and oxygen atoms in total. The minimum absolute atomic E-state index is 0.148. The van der Waals surface area contributed by atoms with Crippen molar-refractivity contribution in [2.75, 3.05) is 17.7 Å².